The van der Waals surface area contributed by atoms with Crippen LogP contribution < -0.4 is 11.1 Å². The fraction of sp³-hybridized carbons (Fsp3) is 0.533. The van der Waals surface area contributed by atoms with Crippen LogP contribution in [0.15, 0.2) is 24.3 Å². The predicted molar refractivity (Wildman–Crippen MR) is 78.1 cm³/mol. The summed E-state index contributed by atoms with van der Waals surface area (Å²) in [5.74, 6) is 0.0589. The Morgan fingerprint density at radius 2 is 2.05 bits per heavy atom. The molecule has 0 radical (unpaired) electrons. The van der Waals surface area contributed by atoms with Crippen LogP contribution in [0.2, 0.25) is 5.02 Å². The number of benzene rings is 1. The van der Waals surface area contributed by atoms with Crippen LogP contribution in [-0.2, 0) is 11.2 Å². The first-order valence-corrected chi connectivity index (χ1v) is 7.17. The fourth-order valence-electron chi connectivity index (χ4n) is 2.48. The van der Waals surface area contributed by atoms with E-state index in [1.807, 2.05) is 31.2 Å². The molecule has 0 bridgehead atoms. The van der Waals surface area contributed by atoms with Gasteiger partial charge in [0.1, 0.15) is 0 Å². The molecule has 19 heavy (non-hydrogen) atoms. The number of halogens is 1. The smallest absolute Gasteiger partial charge is 0.222 e. The number of carbonyl (C=O) groups excluding carboxylic acids is 1. The van der Waals surface area contributed by atoms with Crippen molar-refractivity contribution in [2.75, 3.05) is 0 Å². The van der Waals surface area contributed by atoms with Crippen molar-refractivity contribution in [3.8, 4) is 0 Å². The van der Waals surface area contributed by atoms with Crippen LogP contribution in [-0.4, -0.2) is 17.5 Å². The van der Waals surface area contributed by atoms with E-state index in [-0.39, 0.29) is 17.5 Å². The lowest BCUT2D eigenvalue weighted by atomic mass is 9.75. The Morgan fingerprint density at radius 1 is 1.42 bits per heavy atom. The normalized spacial score (nSPS) is 18.5. The fourth-order valence-corrected chi connectivity index (χ4v) is 2.60. The van der Waals surface area contributed by atoms with Crippen LogP contribution in [0.4, 0.5) is 0 Å². The Kier molecular flexibility index (Phi) is 4.48. The number of carbonyl (C=O) groups is 1. The molecule has 1 saturated carbocycles. The molecular weight excluding hydrogens is 260 g/mol. The van der Waals surface area contributed by atoms with Crippen molar-refractivity contribution in [2.24, 2.45) is 5.73 Å². The van der Waals surface area contributed by atoms with Crippen molar-refractivity contribution in [1.82, 2.24) is 5.32 Å². The van der Waals surface area contributed by atoms with Crippen molar-refractivity contribution in [1.29, 1.82) is 0 Å². The maximum atomic E-state index is 11.9. The van der Waals surface area contributed by atoms with Gasteiger partial charge in [0.05, 0.1) is 0 Å². The van der Waals surface area contributed by atoms with E-state index in [9.17, 15) is 4.79 Å². The van der Waals surface area contributed by atoms with Crippen molar-refractivity contribution in [3.05, 3.63) is 34.9 Å². The predicted octanol–water partition coefficient (Wildman–Crippen LogP) is 2.66. The highest BCUT2D eigenvalue weighted by atomic mass is 35.5. The first kappa shape index (κ1) is 14.4. The minimum absolute atomic E-state index is 0.0589. The number of hydrogen-bond donors (Lipinski definition) is 2. The highest BCUT2D eigenvalue weighted by Crippen LogP contribution is 2.31. The minimum Gasteiger partial charge on any atom is -0.353 e. The molecule has 0 aliphatic heterocycles. The molecule has 1 fully saturated rings. The largest absolute Gasteiger partial charge is 0.353 e. The molecule has 1 aromatic rings. The molecule has 0 aromatic heterocycles. The van der Waals surface area contributed by atoms with Crippen LogP contribution in [0, 0.1) is 0 Å². The van der Waals surface area contributed by atoms with Gasteiger partial charge in [-0.15, -0.1) is 0 Å². The summed E-state index contributed by atoms with van der Waals surface area (Å²) in [4.78, 5) is 11.9. The van der Waals surface area contributed by atoms with Gasteiger partial charge in [-0.2, -0.15) is 0 Å². The van der Waals surface area contributed by atoms with Crippen LogP contribution >= 0.6 is 11.6 Å². The van der Waals surface area contributed by atoms with Gasteiger partial charge >= 0.3 is 0 Å². The summed E-state index contributed by atoms with van der Waals surface area (Å²) in [7, 11) is 0. The summed E-state index contributed by atoms with van der Waals surface area (Å²) >= 11 is 5.84. The van der Waals surface area contributed by atoms with Gasteiger partial charge in [-0.1, -0.05) is 23.7 Å². The van der Waals surface area contributed by atoms with E-state index < -0.39 is 0 Å². The van der Waals surface area contributed by atoms with Crippen molar-refractivity contribution >= 4 is 17.5 Å². The topological polar surface area (TPSA) is 55.1 Å². The first-order chi connectivity index (χ1) is 8.97. The van der Waals surface area contributed by atoms with Crippen molar-refractivity contribution in [2.45, 2.75) is 50.6 Å². The minimum atomic E-state index is -0.246. The Labute approximate surface area is 119 Å². The third kappa shape index (κ3) is 4.22. The number of hydrogen-bond acceptors (Lipinski definition) is 2. The van der Waals surface area contributed by atoms with Crippen LogP contribution in [0.5, 0.6) is 0 Å². The molecule has 1 atom stereocenters. The van der Waals surface area contributed by atoms with E-state index in [1.165, 1.54) is 5.56 Å². The van der Waals surface area contributed by atoms with Gasteiger partial charge in [-0.05, 0) is 50.3 Å². The van der Waals surface area contributed by atoms with E-state index in [1.54, 1.807) is 0 Å². The van der Waals surface area contributed by atoms with E-state index in [4.69, 9.17) is 17.3 Å². The zero-order valence-electron chi connectivity index (χ0n) is 11.3. The first-order valence-electron chi connectivity index (χ1n) is 6.80. The second-order valence-electron chi connectivity index (χ2n) is 5.69. The second kappa shape index (κ2) is 5.93. The van der Waals surface area contributed by atoms with Gasteiger partial charge in [-0.3, -0.25) is 4.79 Å². The lowest BCUT2D eigenvalue weighted by Gasteiger charge is -2.37. The molecule has 0 heterocycles. The molecule has 3 nitrogen and oxygen atoms in total. The zero-order chi connectivity index (χ0) is 13.9. The zero-order valence-corrected chi connectivity index (χ0v) is 12.0. The molecular formula is C15H21ClN2O. The summed E-state index contributed by atoms with van der Waals surface area (Å²) in [5, 5.41) is 3.75. The molecule has 1 aromatic carbocycles. The van der Waals surface area contributed by atoms with Gasteiger partial charge in [0.25, 0.3) is 0 Å². The van der Waals surface area contributed by atoms with E-state index in [0.29, 0.717) is 6.42 Å². The van der Waals surface area contributed by atoms with Crippen molar-refractivity contribution < 1.29 is 4.79 Å². The summed E-state index contributed by atoms with van der Waals surface area (Å²) in [5.41, 5.74) is 7.00. The van der Waals surface area contributed by atoms with Gasteiger partial charge in [0.15, 0.2) is 0 Å². The molecule has 1 amide bonds. The SMILES string of the molecule is CC(Cc1ccc(Cl)cc1)NC(=O)CC1(N)CCC1. The Morgan fingerprint density at radius 3 is 2.58 bits per heavy atom. The molecule has 1 aliphatic carbocycles. The molecule has 1 aliphatic rings. The van der Waals surface area contributed by atoms with Crippen molar-refractivity contribution in [3.63, 3.8) is 0 Å². The Balaban J connectivity index is 1.78. The highest BCUT2D eigenvalue weighted by molar-refractivity contribution is 6.30. The van der Waals surface area contributed by atoms with E-state index >= 15 is 0 Å². The molecule has 3 N–H and O–H groups in total. The van der Waals surface area contributed by atoms with Crippen LogP contribution in [0.3, 0.4) is 0 Å². The summed E-state index contributed by atoms with van der Waals surface area (Å²) in [6.45, 7) is 2.01. The highest BCUT2D eigenvalue weighted by Gasteiger charge is 2.34. The quantitative estimate of drug-likeness (QED) is 0.871. The summed E-state index contributed by atoms with van der Waals surface area (Å²) < 4.78 is 0. The maximum absolute atomic E-state index is 11.9. The number of nitrogens with one attached hydrogen (secondary N) is 1. The Hall–Kier alpha value is -1.06. The van der Waals surface area contributed by atoms with Gasteiger partial charge in [0.2, 0.25) is 5.91 Å². The molecule has 0 spiro atoms. The van der Waals surface area contributed by atoms with Crippen LogP contribution in [0.1, 0.15) is 38.2 Å². The third-order valence-electron chi connectivity index (χ3n) is 3.72. The summed E-state index contributed by atoms with van der Waals surface area (Å²) in [6.07, 6.45) is 4.32. The van der Waals surface area contributed by atoms with E-state index in [2.05, 4.69) is 5.32 Å². The van der Waals surface area contributed by atoms with Gasteiger partial charge < -0.3 is 11.1 Å². The Bertz CT molecular complexity index is 440. The van der Waals surface area contributed by atoms with Gasteiger partial charge in [0, 0.05) is 23.0 Å². The van der Waals surface area contributed by atoms with E-state index in [0.717, 1.165) is 30.7 Å². The van der Waals surface area contributed by atoms with Crippen LogP contribution in [0.25, 0.3) is 0 Å². The monoisotopic (exact) mass is 280 g/mol. The third-order valence-corrected chi connectivity index (χ3v) is 3.98. The molecule has 0 saturated heterocycles. The number of rotatable bonds is 5. The number of nitrogens with two attached hydrogens (primary N) is 1. The molecule has 2 rings (SSSR count). The van der Waals surface area contributed by atoms with Gasteiger partial charge in [-0.25, -0.2) is 0 Å². The average molecular weight is 281 g/mol. The lowest BCUT2D eigenvalue weighted by Crippen LogP contribution is -2.50. The maximum Gasteiger partial charge on any atom is 0.222 e. The average Bonchev–Trinajstić information content (AvgIpc) is 2.30. The standard InChI is InChI=1S/C15H21ClN2O/c1-11(9-12-3-5-13(16)6-4-12)18-14(19)10-15(17)7-2-8-15/h3-6,11H,2,7-10,17H2,1H3,(H,18,19). The molecule has 4 heteroatoms. The number of amides is 1. The molecule has 104 valence electrons. The second-order valence-corrected chi connectivity index (χ2v) is 6.13. The molecule has 1 unspecified atom stereocenters. The summed E-state index contributed by atoms with van der Waals surface area (Å²) in [6, 6.07) is 7.82. The lowest BCUT2D eigenvalue weighted by molar-refractivity contribution is -0.123.